The van der Waals surface area contributed by atoms with Crippen molar-refractivity contribution in [2.75, 3.05) is 31.1 Å². The van der Waals surface area contributed by atoms with E-state index in [1.54, 1.807) is 24.0 Å². The molecule has 0 aliphatic carbocycles. The molecule has 2 heterocycles. The number of piperazine rings is 1. The van der Waals surface area contributed by atoms with Gasteiger partial charge in [-0.15, -0.1) is 0 Å². The van der Waals surface area contributed by atoms with Crippen LogP contribution in [0.3, 0.4) is 0 Å². The molecule has 31 heavy (non-hydrogen) atoms. The van der Waals surface area contributed by atoms with Crippen LogP contribution >= 0.6 is 11.6 Å². The number of halogens is 1. The molecule has 166 valence electrons. The van der Waals surface area contributed by atoms with E-state index in [-0.39, 0.29) is 11.3 Å². The third-order valence-electron chi connectivity index (χ3n) is 5.18. The highest BCUT2D eigenvalue weighted by Gasteiger charge is 2.27. The minimum atomic E-state index is -0.562. The Morgan fingerprint density at radius 2 is 1.74 bits per heavy atom. The molecule has 2 aromatic rings. The number of hydrogen-bond donors (Lipinski definition) is 0. The second-order valence-electron chi connectivity index (χ2n) is 8.63. The van der Waals surface area contributed by atoms with Gasteiger partial charge in [0.05, 0.1) is 5.69 Å². The van der Waals surface area contributed by atoms with Gasteiger partial charge in [0.15, 0.2) is 5.75 Å². The number of aryl methyl sites for hydroxylation is 1. The molecule has 0 unspecified atom stereocenters. The summed E-state index contributed by atoms with van der Waals surface area (Å²) in [6.45, 7) is 12.1. The number of pyridine rings is 1. The first-order valence-corrected chi connectivity index (χ1v) is 10.6. The van der Waals surface area contributed by atoms with Crippen molar-refractivity contribution in [1.82, 2.24) is 9.88 Å². The van der Waals surface area contributed by atoms with E-state index in [9.17, 15) is 9.59 Å². The van der Waals surface area contributed by atoms with E-state index in [0.717, 1.165) is 23.8 Å². The molecule has 0 radical (unpaired) electrons. The molecule has 0 N–H and O–H groups in total. The van der Waals surface area contributed by atoms with Crippen LogP contribution < -0.4 is 9.79 Å². The third kappa shape index (κ3) is 5.47. The Labute approximate surface area is 187 Å². The standard InChI is InChI=1S/C23H28ClN3O4/c1-15-21(31-30-16(2)28)9-7-19(25-15)22(29)27-12-10-26(11-13-27)20-8-6-17(24)14-18(20)23(3,4)5/h6-9,14H,10-13H2,1-5H3. The number of hydrogen-bond acceptors (Lipinski definition) is 6. The SMILES string of the molecule is CC(=O)OOc1ccc(C(=O)N2CCN(c3ccc(Cl)cc3C(C)(C)C)CC2)nc1C. The number of nitrogens with zero attached hydrogens (tertiary/aromatic N) is 3. The average Bonchev–Trinajstić information content (AvgIpc) is 2.71. The van der Waals surface area contributed by atoms with Crippen molar-refractivity contribution in [2.24, 2.45) is 0 Å². The number of anilines is 1. The summed E-state index contributed by atoms with van der Waals surface area (Å²) in [5.74, 6) is -0.393. The number of rotatable bonds is 4. The summed E-state index contributed by atoms with van der Waals surface area (Å²) in [6.07, 6.45) is 0. The highest BCUT2D eigenvalue weighted by atomic mass is 35.5. The van der Waals surface area contributed by atoms with Crippen LogP contribution in [0.1, 0.15) is 49.4 Å². The predicted molar refractivity (Wildman–Crippen MR) is 120 cm³/mol. The first-order valence-electron chi connectivity index (χ1n) is 10.2. The lowest BCUT2D eigenvalue weighted by Crippen LogP contribution is -2.49. The Balaban J connectivity index is 1.68. The van der Waals surface area contributed by atoms with Gasteiger partial charge in [-0.05, 0) is 48.2 Å². The van der Waals surface area contributed by atoms with Gasteiger partial charge in [0.1, 0.15) is 5.69 Å². The van der Waals surface area contributed by atoms with E-state index < -0.39 is 5.97 Å². The molecule has 8 heteroatoms. The van der Waals surface area contributed by atoms with Crippen molar-refractivity contribution in [3.05, 3.63) is 52.3 Å². The van der Waals surface area contributed by atoms with Crippen LogP contribution in [-0.2, 0) is 15.1 Å². The lowest BCUT2D eigenvalue weighted by molar-refractivity contribution is -0.211. The summed E-state index contributed by atoms with van der Waals surface area (Å²) in [4.78, 5) is 41.7. The van der Waals surface area contributed by atoms with Gasteiger partial charge in [-0.2, -0.15) is 0 Å². The molecule has 0 atom stereocenters. The van der Waals surface area contributed by atoms with Gasteiger partial charge in [0.2, 0.25) is 0 Å². The number of carbonyl (C=O) groups excluding carboxylic acids is 2. The monoisotopic (exact) mass is 445 g/mol. The molecule has 7 nitrogen and oxygen atoms in total. The Hall–Kier alpha value is -2.80. The molecule has 0 saturated carbocycles. The third-order valence-corrected chi connectivity index (χ3v) is 5.41. The smallest absolute Gasteiger partial charge is 0.352 e. The Morgan fingerprint density at radius 3 is 2.32 bits per heavy atom. The fraction of sp³-hybridized carbons (Fsp3) is 0.435. The van der Waals surface area contributed by atoms with Crippen molar-refractivity contribution in [1.29, 1.82) is 0 Å². The van der Waals surface area contributed by atoms with Gasteiger partial charge in [0, 0.05) is 43.8 Å². The first kappa shape index (κ1) is 22.9. The van der Waals surface area contributed by atoms with Gasteiger partial charge in [-0.25, -0.2) is 9.78 Å². The summed E-state index contributed by atoms with van der Waals surface area (Å²) in [6, 6.07) is 9.17. The van der Waals surface area contributed by atoms with Gasteiger partial charge in [0.25, 0.3) is 5.91 Å². The second-order valence-corrected chi connectivity index (χ2v) is 9.07. The van der Waals surface area contributed by atoms with Crippen LogP contribution in [0.2, 0.25) is 5.02 Å². The number of amides is 1. The normalized spacial score (nSPS) is 14.4. The van der Waals surface area contributed by atoms with Crippen LogP contribution in [0.5, 0.6) is 5.75 Å². The second kappa shape index (κ2) is 9.14. The molecule has 1 aliphatic rings. The Bertz CT molecular complexity index is 979. The molecule has 1 fully saturated rings. The largest absolute Gasteiger partial charge is 0.368 e. The van der Waals surface area contributed by atoms with E-state index in [1.807, 2.05) is 12.1 Å². The molecular formula is C23H28ClN3O4. The van der Waals surface area contributed by atoms with Crippen molar-refractivity contribution in [2.45, 2.75) is 40.0 Å². The van der Waals surface area contributed by atoms with E-state index >= 15 is 0 Å². The van der Waals surface area contributed by atoms with Crippen LogP contribution in [0.4, 0.5) is 5.69 Å². The zero-order valence-corrected chi connectivity index (χ0v) is 19.3. The molecule has 1 aromatic carbocycles. The molecule has 0 spiro atoms. The lowest BCUT2D eigenvalue weighted by Gasteiger charge is -2.38. The minimum Gasteiger partial charge on any atom is -0.368 e. The maximum Gasteiger partial charge on any atom is 0.352 e. The van der Waals surface area contributed by atoms with E-state index in [2.05, 4.69) is 41.6 Å². The van der Waals surface area contributed by atoms with Crippen LogP contribution in [0.15, 0.2) is 30.3 Å². The predicted octanol–water partition coefficient (Wildman–Crippen LogP) is 4.16. The maximum absolute atomic E-state index is 12.9. The molecule has 3 rings (SSSR count). The molecule has 0 bridgehead atoms. The van der Waals surface area contributed by atoms with Gasteiger partial charge in [-0.1, -0.05) is 32.4 Å². The van der Waals surface area contributed by atoms with E-state index in [4.69, 9.17) is 16.5 Å². The lowest BCUT2D eigenvalue weighted by atomic mass is 9.85. The fourth-order valence-electron chi connectivity index (χ4n) is 3.56. The van der Waals surface area contributed by atoms with Crippen molar-refractivity contribution < 1.29 is 19.4 Å². The van der Waals surface area contributed by atoms with Crippen molar-refractivity contribution in [3.63, 3.8) is 0 Å². The van der Waals surface area contributed by atoms with Crippen LogP contribution in [0, 0.1) is 6.92 Å². The minimum absolute atomic E-state index is 0.0371. The zero-order chi connectivity index (χ0) is 22.8. The van der Waals surface area contributed by atoms with Crippen molar-refractivity contribution >= 4 is 29.2 Å². The molecule has 1 amide bonds. The van der Waals surface area contributed by atoms with Gasteiger partial charge >= 0.3 is 5.97 Å². The molecule has 1 aromatic heterocycles. The van der Waals surface area contributed by atoms with E-state index in [1.165, 1.54) is 12.5 Å². The maximum atomic E-state index is 12.9. The summed E-state index contributed by atoms with van der Waals surface area (Å²) in [5.41, 5.74) is 3.12. The zero-order valence-electron chi connectivity index (χ0n) is 18.6. The number of carbonyl (C=O) groups is 2. The Kier molecular flexibility index (Phi) is 6.74. The highest BCUT2D eigenvalue weighted by molar-refractivity contribution is 6.30. The Morgan fingerprint density at radius 1 is 1.06 bits per heavy atom. The quantitative estimate of drug-likeness (QED) is 0.519. The number of benzene rings is 1. The molecular weight excluding hydrogens is 418 g/mol. The van der Waals surface area contributed by atoms with Crippen LogP contribution in [-0.4, -0.2) is 47.9 Å². The van der Waals surface area contributed by atoms with Gasteiger partial charge in [-0.3, -0.25) is 14.6 Å². The van der Waals surface area contributed by atoms with Gasteiger partial charge < -0.3 is 9.80 Å². The number of aromatic nitrogens is 1. The topological polar surface area (TPSA) is 72.0 Å². The average molecular weight is 446 g/mol. The fourth-order valence-corrected chi connectivity index (χ4v) is 3.73. The summed E-state index contributed by atoms with van der Waals surface area (Å²) < 4.78 is 0. The molecule has 1 saturated heterocycles. The highest BCUT2D eigenvalue weighted by Crippen LogP contribution is 2.34. The summed E-state index contributed by atoms with van der Waals surface area (Å²) in [7, 11) is 0. The summed E-state index contributed by atoms with van der Waals surface area (Å²) in [5, 5.41) is 0.727. The molecule has 1 aliphatic heterocycles. The summed E-state index contributed by atoms with van der Waals surface area (Å²) >= 11 is 6.24. The van der Waals surface area contributed by atoms with Crippen LogP contribution in [0.25, 0.3) is 0 Å². The van der Waals surface area contributed by atoms with E-state index in [0.29, 0.717) is 30.2 Å². The first-order chi connectivity index (χ1) is 14.6. The van der Waals surface area contributed by atoms with Crippen molar-refractivity contribution in [3.8, 4) is 5.75 Å².